The Kier molecular flexibility index (Phi) is 5.11. The van der Waals surface area contributed by atoms with E-state index in [2.05, 4.69) is 5.32 Å². The lowest BCUT2D eigenvalue weighted by Crippen LogP contribution is -2.47. The lowest BCUT2D eigenvalue weighted by molar-refractivity contribution is -0.141. The summed E-state index contributed by atoms with van der Waals surface area (Å²) in [5.41, 5.74) is 2.74. The maximum Gasteiger partial charge on any atom is 0.267 e. The van der Waals surface area contributed by atoms with Gasteiger partial charge >= 0.3 is 0 Å². The maximum atomic E-state index is 12.6. The van der Waals surface area contributed by atoms with Crippen molar-refractivity contribution in [2.45, 2.75) is 20.0 Å². The molecular formula is C20H22N2O4. The number of likely N-dealkylation sites (N-methyl/N-ethyl adjacent to an activating group) is 1. The fourth-order valence-corrected chi connectivity index (χ4v) is 2.87. The minimum atomic E-state index is -0.761. The molecule has 0 aromatic heterocycles. The highest BCUT2D eigenvalue weighted by molar-refractivity contribution is 5.96. The molecule has 0 unspecified atom stereocenters. The Morgan fingerprint density at radius 2 is 1.73 bits per heavy atom. The zero-order valence-corrected chi connectivity index (χ0v) is 15.1. The van der Waals surface area contributed by atoms with Crippen LogP contribution in [0.5, 0.6) is 11.5 Å². The van der Waals surface area contributed by atoms with E-state index in [0.29, 0.717) is 11.5 Å². The van der Waals surface area contributed by atoms with Crippen molar-refractivity contribution < 1.29 is 19.1 Å². The first-order valence-electron chi connectivity index (χ1n) is 8.45. The number of nitrogens with zero attached hydrogens (tertiary/aromatic N) is 1. The summed E-state index contributed by atoms with van der Waals surface area (Å²) in [6.45, 7) is 3.93. The highest BCUT2D eigenvalue weighted by Gasteiger charge is 2.30. The standard InChI is InChI=1S/C20H22N2O4/c1-13-7-6-8-14(2)19(13)21-18(23)11-22(3)20(24)17-12-25-15-9-4-5-10-16(15)26-17/h4-10,17H,11-12H2,1-3H3,(H,21,23)/t17-/m1/s1. The number of aryl methyl sites for hydroxylation is 2. The Morgan fingerprint density at radius 3 is 2.42 bits per heavy atom. The third kappa shape index (κ3) is 3.79. The van der Waals surface area contributed by atoms with Crippen LogP contribution in [0.1, 0.15) is 11.1 Å². The Morgan fingerprint density at radius 1 is 1.08 bits per heavy atom. The molecule has 2 aromatic rings. The van der Waals surface area contributed by atoms with E-state index in [-0.39, 0.29) is 25.0 Å². The van der Waals surface area contributed by atoms with E-state index in [0.717, 1.165) is 16.8 Å². The van der Waals surface area contributed by atoms with Crippen LogP contribution in [-0.2, 0) is 9.59 Å². The monoisotopic (exact) mass is 354 g/mol. The molecule has 0 aliphatic carbocycles. The van der Waals surface area contributed by atoms with E-state index >= 15 is 0 Å². The average molecular weight is 354 g/mol. The van der Waals surface area contributed by atoms with Crippen molar-refractivity contribution in [1.82, 2.24) is 4.90 Å². The molecule has 1 N–H and O–H groups in total. The number of rotatable bonds is 4. The molecule has 0 saturated heterocycles. The number of fused-ring (bicyclic) bond motifs is 1. The normalized spacial score (nSPS) is 15.3. The minimum Gasteiger partial charge on any atom is -0.485 e. The number of nitrogens with one attached hydrogen (secondary N) is 1. The number of hydrogen-bond donors (Lipinski definition) is 1. The second-order valence-corrected chi connectivity index (χ2v) is 6.37. The van der Waals surface area contributed by atoms with Crippen LogP contribution in [-0.4, -0.2) is 43.0 Å². The van der Waals surface area contributed by atoms with Crippen molar-refractivity contribution in [2.75, 3.05) is 25.5 Å². The summed E-state index contributed by atoms with van der Waals surface area (Å²) in [7, 11) is 1.58. The zero-order valence-electron chi connectivity index (χ0n) is 15.1. The fourth-order valence-electron chi connectivity index (χ4n) is 2.87. The van der Waals surface area contributed by atoms with Crippen molar-refractivity contribution in [3.8, 4) is 11.5 Å². The van der Waals surface area contributed by atoms with Crippen LogP contribution in [0.25, 0.3) is 0 Å². The van der Waals surface area contributed by atoms with Crippen LogP contribution in [0.3, 0.4) is 0 Å². The Balaban J connectivity index is 1.60. The molecule has 26 heavy (non-hydrogen) atoms. The zero-order chi connectivity index (χ0) is 18.7. The molecule has 0 saturated carbocycles. The summed E-state index contributed by atoms with van der Waals surface area (Å²) in [5.74, 6) is 0.601. The topological polar surface area (TPSA) is 67.9 Å². The molecule has 1 atom stereocenters. The third-order valence-corrected chi connectivity index (χ3v) is 4.29. The van der Waals surface area contributed by atoms with Gasteiger partial charge in [0.2, 0.25) is 12.0 Å². The number of hydrogen-bond acceptors (Lipinski definition) is 4. The van der Waals surface area contributed by atoms with Gasteiger partial charge in [0.25, 0.3) is 5.91 Å². The van der Waals surface area contributed by atoms with Gasteiger partial charge in [-0.25, -0.2) is 0 Å². The van der Waals surface area contributed by atoms with Gasteiger partial charge in [0.1, 0.15) is 6.61 Å². The van der Waals surface area contributed by atoms with Crippen LogP contribution in [0, 0.1) is 13.8 Å². The van der Waals surface area contributed by atoms with Crippen molar-refractivity contribution in [2.24, 2.45) is 0 Å². The van der Waals surface area contributed by atoms with Crippen molar-refractivity contribution in [3.05, 3.63) is 53.6 Å². The second-order valence-electron chi connectivity index (χ2n) is 6.37. The first kappa shape index (κ1) is 17.8. The van der Waals surface area contributed by atoms with Crippen molar-refractivity contribution in [1.29, 1.82) is 0 Å². The number of carbonyl (C=O) groups excluding carboxylic acids is 2. The van der Waals surface area contributed by atoms with E-state index < -0.39 is 6.10 Å². The molecule has 6 nitrogen and oxygen atoms in total. The van der Waals surface area contributed by atoms with Gasteiger partial charge in [-0.15, -0.1) is 0 Å². The maximum absolute atomic E-state index is 12.6. The average Bonchev–Trinajstić information content (AvgIpc) is 2.63. The smallest absolute Gasteiger partial charge is 0.267 e. The van der Waals surface area contributed by atoms with Gasteiger partial charge in [0, 0.05) is 12.7 Å². The molecule has 2 aromatic carbocycles. The summed E-state index contributed by atoms with van der Waals surface area (Å²) >= 11 is 0. The van der Waals surface area contributed by atoms with E-state index in [4.69, 9.17) is 9.47 Å². The summed E-state index contributed by atoms with van der Waals surface area (Å²) in [6, 6.07) is 13.0. The highest BCUT2D eigenvalue weighted by Crippen LogP contribution is 2.31. The first-order chi connectivity index (χ1) is 12.5. The number of benzene rings is 2. The van der Waals surface area contributed by atoms with Crippen LogP contribution in [0.2, 0.25) is 0 Å². The Bertz CT molecular complexity index is 814. The molecular weight excluding hydrogens is 332 g/mol. The number of anilines is 1. The predicted molar refractivity (Wildman–Crippen MR) is 98.5 cm³/mol. The van der Waals surface area contributed by atoms with Crippen LogP contribution in [0.15, 0.2) is 42.5 Å². The third-order valence-electron chi connectivity index (χ3n) is 4.29. The van der Waals surface area contributed by atoms with Gasteiger partial charge in [-0.1, -0.05) is 30.3 Å². The van der Waals surface area contributed by atoms with E-state index in [1.165, 1.54) is 4.90 Å². The molecule has 0 bridgehead atoms. The Labute approximate surface area is 152 Å². The SMILES string of the molecule is Cc1cccc(C)c1NC(=O)CN(C)C(=O)[C@H]1COc2ccccc2O1. The van der Waals surface area contributed by atoms with Gasteiger partial charge in [-0.2, -0.15) is 0 Å². The molecule has 0 radical (unpaired) electrons. The van der Waals surface area contributed by atoms with Gasteiger partial charge in [-0.05, 0) is 37.1 Å². The molecule has 2 amide bonds. The predicted octanol–water partition coefficient (Wildman–Crippen LogP) is 2.54. The summed E-state index contributed by atoms with van der Waals surface area (Å²) in [6.07, 6.45) is -0.761. The number of ether oxygens (including phenoxy) is 2. The molecule has 6 heteroatoms. The molecule has 0 fully saturated rings. The van der Waals surface area contributed by atoms with E-state index in [1.807, 2.05) is 44.2 Å². The van der Waals surface area contributed by atoms with Crippen molar-refractivity contribution >= 4 is 17.5 Å². The van der Waals surface area contributed by atoms with Gasteiger partial charge in [0.15, 0.2) is 11.5 Å². The quantitative estimate of drug-likeness (QED) is 0.916. The summed E-state index contributed by atoms with van der Waals surface area (Å²) in [4.78, 5) is 26.3. The van der Waals surface area contributed by atoms with Crippen LogP contribution < -0.4 is 14.8 Å². The highest BCUT2D eigenvalue weighted by atomic mass is 16.6. The van der Waals surface area contributed by atoms with Crippen LogP contribution >= 0.6 is 0 Å². The number of amides is 2. The molecule has 3 rings (SSSR count). The summed E-state index contributed by atoms with van der Waals surface area (Å²) in [5, 5.41) is 2.88. The Hall–Kier alpha value is -3.02. The molecule has 0 spiro atoms. The summed E-state index contributed by atoms with van der Waals surface area (Å²) < 4.78 is 11.3. The fraction of sp³-hybridized carbons (Fsp3) is 0.300. The molecule has 1 heterocycles. The first-order valence-corrected chi connectivity index (χ1v) is 8.45. The molecule has 1 aliphatic heterocycles. The van der Waals surface area contributed by atoms with Crippen molar-refractivity contribution in [3.63, 3.8) is 0 Å². The van der Waals surface area contributed by atoms with E-state index in [9.17, 15) is 9.59 Å². The number of para-hydroxylation sites is 3. The van der Waals surface area contributed by atoms with Gasteiger partial charge < -0.3 is 19.7 Å². The lowest BCUT2D eigenvalue weighted by Gasteiger charge is -2.28. The minimum absolute atomic E-state index is 0.0614. The second kappa shape index (κ2) is 7.47. The van der Waals surface area contributed by atoms with Crippen LogP contribution in [0.4, 0.5) is 5.69 Å². The molecule has 136 valence electrons. The lowest BCUT2D eigenvalue weighted by atomic mass is 10.1. The number of carbonyl (C=O) groups is 2. The van der Waals surface area contributed by atoms with E-state index in [1.54, 1.807) is 19.2 Å². The molecule has 1 aliphatic rings. The van der Waals surface area contributed by atoms with Gasteiger partial charge in [0.05, 0.1) is 6.54 Å². The van der Waals surface area contributed by atoms with Gasteiger partial charge in [-0.3, -0.25) is 9.59 Å². The largest absolute Gasteiger partial charge is 0.485 e.